The van der Waals surface area contributed by atoms with E-state index in [0.717, 1.165) is 12.1 Å². The Balaban J connectivity index is 1.95. The highest BCUT2D eigenvalue weighted by atomic mass is 32.1. The van der Waals surface area contributed by atoms with E-state index in [0.29, 0.717) is 17.8 Å². The molecule has 2 aromatic rings. The van der Waals surface area contributed by atoms with Crippen LogP contribution in [-0.2, 0) is 0 Å². The average molecular weight is 352 g/mol. The Kier molecular flexibility index (Phi) is 4.58. The number of nitrogens with one attached hydrogen (secondary N) is 1. The number of hydrogen-bond acceptors (Lipinski definition) is 6. The van der Waals surface area contributed by atoms with Crippen LogP contribution in [0, 0.1) is 6.92 Å². The van der Waals surface area contributed by atoms with Crippen molar-refractivity contribution in [2.75, 3.05) is 5.32 Å². The lowest BCUT2D eigenvalue weighted by atomic mass is 9.91. The molecule has 1 atom stereocenters. The predicted molar refractivity (Wildman–Crippen MR) is 88.7 cm³/mol. The van der Waals surface area contributed by atoms with Gasteiger partial charge < -0.3 is 5.32 Å². The molecule has 1 fully saturated rings. The smallest absolute Gasteiger partial charge is 0.267 e. The Labute approximate surface area is 142 Å². The summed E-state index contributed by atoms with van der Waals surface area (Å²) in [5, 5.41) is 5.22. The van der Waals surface area contributed by atoms with Crippen molar-refractivity contribution in [2.45, 2.75) is 51.5 Å². The van der Waals surface area contributed by atoms with Gasteiger partial charge in [-0.2, -0.15) is 0 Å². The topological polar surface area (TPSA) is 67.8 Å². The first kappa shape index (κ1) is 16.9. The number of aryl methyl sites for hydroxylation is 1. The normalized spacial score (nSPS) is 19.9. The summed E-state index contributed by atoms with van der Waals surface area (Å²) in [6, 6.07) is 0.448. The van der Waals surface area contributed by atoms with Crippen LogP contribution >= 0.6 is 11.3 Å². The zero-order valence-electron chi connectivity index (χ0n) is 13.5. The van der Waals surface area contributed by atoms with Gasteiger partial charge in [-0.15, -0.1) is 11.3 Å². The van der Waals surface area contributed by atoms with Gasteiger partial charge in [0.15, 0.2) is 16.6 Å². The molecule has 1 aliphatic carbocycles. The monoisotopic (exact) mass is 352 g/mol. The summed E-state index contributed by atoms with van der Waals surface area (Å²) < 4.78 is 28.1. The van der Waals surface area contributed by atoms with Gasteiger partial charge in [-0.05, 0) is 19.8 Å². The van der Waals surface area contributed by atoms with Crippen molar-refractivity contribution < 1.29 is 13.6 Å². The lowest BCUT2D eigenvalue weighted by Crippen LogP contribution is -2.42. The zero-order chi connectivity index (χ0) is 17.3. The fraction of sp³-hybridized carbons (Fsp3) is 0.500. The van der Waals surface area contributed by atoms with Crippen LogP contribution in [0.1, 0.15) is 48.8 Å². The van der Waals surface area contributed by atoms with Crippen LogP contribution in [0.25, 0.3) is 10.8 Å². The van der Waals surface area contributed by atoms with Gasteiger partial charge in [0.1, 0.15) is 11.5 Å². The van der Waals surface area contributed by atoms with Crippen molar-refractivity contribution in [2.24, 2.45) is 0 Å². The average Bonchev–Trinajstić information content (AvgIpc) is 2.95. The zero-order valence-corrected chi connectivity index (χ0v) is 14.3. The molecule has 0 saturated heterocycles. The van der Waals surface area contributed by atoms with Gasteiger partial charge in [0, 0.05) is 30.5 Å². The van der Waals surface area contributed by atoms with Crippen LogP contribution in [0.2, 0.25) is 0 Å². The van der Waals surface area contributed by atoms with E-state index in [1.807, 2.05) is 12.3 Å². The molecule has 2 heterocycles. The Morgan fingerprint density at radius 1 is 1.33 bits per heavy atom. The second-order valence-electron chi connectivity index (χ2n) is 6.02. The quantitative estimate of drug-likeness (QED) is 0.839. The summed E-state index contributed by atoms with van der Waals surface area (Å²) in [5.74, 6) is -2.50. The fourth-order valence-corrected chi connectivity index (χ4v) is 3.43. The molecule has 24 heavy (non-hydrogen) atoms. The molecule has 5 nitrogen and oxygen atoms in total. The Bertz CT molecular complexity index is 762. The molecule has 1 N–H and O–H groups in total. The van der Waals surface area contributed by atoms with Gasteiger partial charge in [-0.3, -0.25) is 4.79 Å². The number of alkyl halides is 2. The van der Waals surface area contributed by atoms with Crippen LogP contribution in [0.4, 0.5) is 14.6 Å². The lowest BCUT2D eigenvalue weighted by molar-refractivity contribution is -0.0449. The maximum Gasteiger partial charge on any atom is 0.267 e. The molecule has 2 aromatic heterocycles. The molecule has 0 spiro atoms. The molecular formula is C16H18F2N4OS. The summed E-state index contributed by atoms with van der Waals surface area (Å²) in [6.07, 6.45) is 1.51. The lowest BCUT2D eigenvalue weighted by Gasteiger charge is -2.32. The number of Topliss-reactive ketones (excluding diaryl/α,β-unsaturated/α-hetero) is 1. The van der Waals surface area contributed by atoms with Crippen molar-refractivity contribution in [3.8, 4) is 10.8 Å². The van der Waals surface area contributed by atoms with E-state index < -0.39 is 12.0 Å². The number of halogens is 2. The first-order chi connectivity index (χ1) is 11.3. The maximum absolute atomic E-state index is 14.1. The van der Waals surface area contributed by atoms with Crippen LogP contribution in [0.15, 0.2) is 11.4 Å². The number of carbonyl (C=O) groups is 1. The molecule has 1 aliphatic rings. The second kappa shape index (κ2) is 6.51. The standard InChI is InChI=1S/C16H18F2N4OS/c1-9-8-24-15(19-9)14-20-11(10(2)23)7-13(22-14)21-12-5-3-4-6-16(12,17)18/h7-8,12H,3-6H2,1-2H3,(H,20,21,22). The van der Waals surface area contributed by atoms with Gasteiger partial charge in [0.05, 0.1) is 6.04 Å². The van der Waals surface area contributed by atoms with E-state index in [9.17, 15) is 13.6 Å². The van der Waals surface area contributed by atoms with E-state index in [1.165, 1.54) is 24.3 Å². The van der Waals surface area contributed by atoms with E-state index in [-0.39, 0.29) is 29.5 Å². The van der Waals surface area contributed by atoms with Crippen LogP contribution in [-0.4, -0.2) is 32.7 Å². The molecule has 1 unspecified atom stereocenters. The molecule has 8 heteroatoms. The highest BCUT2D eigenvalue weighted by Crippen LogP contribution is 2.35. The van der Waals surface area contributed by atoms with Gasteiger partial charge in [-0.25, -0.2) is 23.7 Å². The second-order valence-corrected chi connectivity index (χ2v) is 6.87. The molecule has 0 amide bonds. The van der Waals surface area contributed by atoms with Gasteiger partial charge in [-0.1, -0.05) is 6.42 Å². The van der Waals surface area contributed by atoms with Crippen molar-refractivity contribution in [1.82, 2.24) is 15.0 Å². The minimum absolute atomic E-state index is 0.131. The van der Waals surface area contributed by atoms with Crippen molar-refractivity contribution in [3.05, 3.63) is 22.8 Å². The number of rotatable bonds is 4. The first-order valence-corrected chi connectivity index (χ1v) is 8.70. The number of hydrogen-bond donors (Lipinski definition) is 1. The van der Waals surface area contributed by atoms with Crippen LogP contribution < -0.4 is 5.32 Å². The molecule has 1 saturated carbocycles. The van der Waals surface area contributed by atoms with Crippen molar-refractivity contribution >= 4 is 22.9 Å². The van der Waals surface area contributed by atoms with Crippen molar-refractivity contribution in [1.29, 1.82) is 0 Å². The number of aromatic nitrogens is 3. The van der Waals surface area contributed by atoms with Crippen LogP contribution in [0.3, 0.4) is 0 Å². The summed E-state index contributed by atoms with van der Waals surface area (Å²) in [4.78, 5) is 24.5. The summed E-state index contributed by atoms with van der Waals surface area (Å²) in [7, 11) is 0. The number of nitrogens with zero attached hydrogens (tertiary/aromatic N) is 3. The molecular weight excluding hydrogens is 334 g/mol. The minimum atomic E-state index is -2.78. The number of thiazole rings is 1. The van der Waals surface area contributed by atoms with Crippen LogP contribution in [0.5, 0.6) is 0 Å². The SMILES string of the molecule is CC(=O)c1cc(NC2CCCCC2(F)F)nc(-c2nc(C)cs2)n1. The Hall–Kier alpha value is -1.96. The summed E-state index contributed by atoms with van der Waals surface area (Å²) in [5.41, 5.74) is 1.01. The molecule has 0 bridgehead atoms. The summed E-state index contributed by atoms with van der Waals surface area (Å²) >= 11 is 1.35. The van der Waals surface area contributed by atoms with E-state index in [2.05, 4.69) is 20.3 Å². The fourth-order valence-electron chi connectivity index (χ4n) is 2.70. The van der Waals surface area contributed by atoms with Gasteiger partial charge >= 0.3 is 0 Å². The number of anilines is 1. The number of ketones is 1. The number of carbonyl (C=O) groups excluding carboxylic acids is 1. The van der Waals surface area contributed by atoms with Gasteiger partial charge in [0.2, 0.25) is 0 Å². The van der Waals surface area contributed by atoms with Gasteiger partial charge in [0.25, 0.3) is 5.92 Å². The summed E-state index contributed by atoms with van der Waals surface area (Å²) in [6.45, 7) is 3.23. The van der Waals surface area contributed by atoms with E-state index in [1.54, 1.807) is 0 Å². The minimum Gasteiger partial charge on any atom is -0.361 e. The van der Waals surface area contributed by atoms with E-state index in [4.69, 9.17) is 0 Å². The maximum atomic E-state index is 14.1. The first-order valence-electron chi connectivity index (χ1n) is 7.82. The van der Waals surface area contributed by atoms with Crippen molar-refractivity contribution in [3.63, 3.8) is 0 Å². The third kappa shape index (κ3) is 3.58. The van der Waals surface area contributed by atoms with E-state index >= 15 is 0 Å². The molecule has 128 valence electrons. The predicted octanol–water partition coefficient (Wildman–Crippen LogP) is 4.10. The molecule has 3 rings (SSSR count). The molecule has 0 radical (unpaired) electrons. The third-order valence-electron chi connectivity index (χ3n) is 3.98. The third-order valence-corrected chi connectivity index (χ3v) is 4.94. The Morgan fingerprint density at radius 2 is 2.12 bits per heavy atom. The Morgan fingerprint density at radius 3 is 2.75 bits per heavy atom. The molecule has 0 aromatic carbocycles. The highest BCUT2D eigenvalue weighted by molar-refractivity contribution is 7.13. The highest BCUT2D eigenvalue weighted by Gasteiger charge is 2.41. The largest absolute Gasteiger partial charge is 0.361 e. The molecule has 0 aliphatic heterocycles.